The second-order valence-electron chi connectivity index (χ2n) is 3.62. The Morgan fingerprint density at radius 2 is 2.47 bits per heavy atom. The number of amides is 1. The van der Waals surface area contributed by atoms with E-state index in [2.05, 4.69) is 10.6 Å². The van der Waals surface area contributed by atoms with E-state index in [1.807, 2.05) is 0 Å². The van der Waals surface area contributed by atoms with Crippen LogP contribution >= 0.6 is 0 Å². The molecule has 0 radical (unpaired) electrons. The third-order valence-corrected chi connectivity index (χ3v) is 2.31. The van der Waals surface area contributed by atoms with Gasteiger partial charge >= 0.3 is 0 Å². The predicted molar refractivity (Wildman–Crippen MR) is 56.7 cm³/mol. The number of carbonyl (C=O) groups is 1. The van der Waals surface area contributed by atoms with E-state index in [0.717, 1.165) is 25.9 Å². The number of ether oxygens (including phenoxy) is 2. The highest BCUT2D eigenvalue weighted by molar-refractivity contribution is 5.77. The minimum Gasteiger partial charge on any atom is -0.385 e. The van der Waals surface area contributed by atoms with Crippen LogP contribution in [-0.2, 0) is 14.3 Å². The zero-order valence-corrected chi connectivity index (χ0v) is 9.25. The monoisotopic (exact) mass is 216 g/mol. The Morgan fingerprint density at radius 3 is 3.13 bits per heavy atom. The van der Waals surface area contributed by atoms with Crippen molar-refractivity contribution in [1.29, 1.82) is 0 Å². The minimum absolute atomic E-state index is 0.0435. The summed E-state index contributed by atoms with van der Waals surface area (Å²) in [5.74, 6) is -0.0435. The van der Waals surface area contributed by atoms with Gasteiger partial charge in [-0.25, -0.2) is 0 Å². The quantitative estimate of drug-likeness (QED) is 0.564. The molecule has 2 N–H and O–H groups in total. The molecule has 1 fully saturated rings. The van der Waals surface area contributed by atoms with Crippen LogP contribution in [0.3, 0.4) is 0 Å². The van der Waals surface area contributed by atoms with Gasteiger partial charge in [0.1, 0.15) is 6.61 Å². The lowest BCUT2D eigenvalue weighted by Gasteiger charge is -2.10. The van der Waals surface area contributed by atoms with Crippen LogP contribution in [-0.4, -0.2) is 52.0 Å². The van der Waals surface area contributed by atoms with Crippen LogP contribution < -0.4 is 10.6 Å². The lowest BCUT2D eigenvalue weighted by atomic mass is 10.3. The van der Waals surface area contributed by atoms with Gasteiger partial charge < -0.3 is 20.1 Å². The molecule has 5 nitrogen and oxygen atoms in total. The van der Waals surface area contributed by atoms with Crippen molar-refractivity contribution in [2.45, 2.75) is 18.9 Å². The van der Waals surface area contributed by atoms with Crippen molar-refractivity contribution >= 4 is 5.91 Å². The van der Waals surface area contributed by atoms with E-state index in [4.69, 9.17) is 9.47 Å². The third kappa shape index (κ3) is 5.71. The van der Waals surface area contributed by atoms with Crippen molar-refractivity contribution in [2.24, 2.45) is 0 Å². The first-order valence-corrected chi connectivity index (χ1v) is 5.41. The first kappa shape index (κ1) is 12.4. The second-order valence-corrected chi connectivity index (χ2v) is 3.62. The van der Waals surface area contributed by atoms with E-state index in [1.165, 1.54) is 0 Å². The number of carbonyl (C=O) groups excluding carboxylic acids is 1. The summed E-state index contributed by atoms with van der Waals surface area (Å²) in [6.07, 6.45) is 2.04. The van der Waals surface area contributed by atoms with Crippen molar-refractivity contribution in [2.75, 3.05) is 40.0 Å². The zero-order valence-electron chi connectivity index (χ0n) is 9.25. The van der Waals surface area contributed by atoms with Crippen LogP contribution in [0.15, 0.2) is 0 Å². The highest BCUT2D eigenvalue weighted by Crippen LogP contribution is 2.01. The number of nitrogens with one attached hydrogen (secondary N) is 2. The number of hydrogen-bond donors (Lipinski definition) is 2. The highest BCUT2D eigenvalue weighted by atomic mass is 16.5. The number of rotatable bonds is 7. The van der Waals surface area contributed by atoms with E-state index >= 15 is 0 Å². The van der Waals surface area contributed by atoms with Crippen LogP contribution in [0, 0.1) is 0 Å². The molecule has 0 aromatic rings. The van der Waals surface area contributed by atoms with Gasteiger partial charge in [-0.15, -0.1) is 0 Å². The molecule has 1 atom stereocenters. The molecular formula is C10H20N2O3. The molecule has 1 aliphatic rings. The number of methoxy groups -OCH3 is 1. The summed E-state index contributed by atoms with van der Waals surface area (Å²) in [5, 5.41) is 5.96. The van der Waals surface area contributed by atoms with Crippen LogP contribution in [0.4, 0.5) is 0 Å². The van der Waals surface area contributed by atoms with Crippen molar-refractivity contribution in [3.63, 3.8) is 0 Å². The molecule has 0 saturated carbocycles. The van der Waals surface area contributed by atoms with Gasteiger partial charge in [0.15, 0.2) is 0 Å². The van der Waals surface area contributed by atoms with Crippen LogP contribution in [0.25, 0.3) is 0 Å². The second kappa shape index (κ2) is 7.62. The molecule has 88 valence electrons. The van der Waals surface area contributed by atoms with Crippen LogP contribution in [0.5, 0.6) is 0 Å². The van der Waals surface area contributed by atoms with Gasteiger partial charge in [0.25, 0.3) is 0 Å². The molecular weight excluding hydrogens is 196 g/mol. The first-order valence-electron chi connectivity index (χ1n) is 5.41. The fourth-order valence-electron chi connectivity index (χ4n) is 1.46. The van der Waals surface area contributed by atoms with Crippen molar-refractivity contribution in [1.82, 2.24) is 10.6 Å². The van der Waals surface area contributed by atoms with E-state index in [9.17, 15) is 4.79 Å². The van der Waals surface area contributed by atoms with Crippen molar-refractivity contribution in [3.05, 3.63) is 0 Å². The Bertz CT molecular complexity index is 182. The molecule has 1 aliphatic heterocycles. The molecule has 0 aromatic carbocycles. The molecule has 1 saturated heterocycles. The van der Waals surface area contributed by atoms with Gasteiger partial charge in [0, 0.05) is 26.8 Å². The molecule has 0 bridgehead atoms. The Hall–Kier alpha value is -0.650. The number of hydrogen-bond acceptors (Lipinski definition) is 4. The maximum absolute atomic E-state index is 11.3. The summed E-state index contributed by atoms with van der Waals surface area (Å²) < 4.78 is 10.3. The van der Waals surface area contributed by atoms with Crippen molar-refractivity contribution < 1.29 is 14.3 Å². The molecule has 1 heterocycles. The van der Waals surface area contributed by atoms with E-state index in [-0.39, 0.29) is 18.6 Å². The third-order valence-electron chi connectivity index (χ3n) is 2.31. The SMILES string of the molecule is COCCCNC(=O)COC1CCNC1. The van der Waals surface area contributed by atoms with Crippen LogP contribution in [0.2, 0.25) is 0 Å². The summed E-state index contributed by atoms with van der Waals surface area (Å²) in [5.41, 5.74) is 0. The van der Waals surface area contributed by atoms with E-state index in [1.54, 1.807) is 7.11 Å². The standard InChI is InChI=1S/C10H20N2O3/c1-14-6-2-4-12-10(13)8-15-9-3-5-11-7-9/h9,11H,2-8H2,1H3,(H,12,13). The molecule has 1 unspecified atom stereocenters. The normalized spacial score (nSPS) is 20.5. The lowest BCUT2D eigenvalue weighted by Crippen LogP contribution is -2.31. The Labute approximate surface area is 90.5 Å². The van der Waals surface area contributed by atoms with Gasteiger partial charge in [-0.3, -0.25) is 4.79 Å². The minimum atomic E-state index is -0.0435. The molecule has 1 amide bonds. The fourth-order valence-corrected chi connectivity index (χ4v) is 1.46. The molecule has 0 aromatic heterocycles. The molecule has 5 heteroatoms. The summed E-state index contributed by atoms with van der Waals surface area (Å²) in [6.45, 7) is 3.34. The van der Waals surface area contributed by atoms with Crippen molar-refractivity contribution in [3.8, 4) is 0 Å². The highest BCUT2D eigenvalue weighted by Gasteiger charge is 2.15. The van der Waals surface area contributed by atoms with Crippen LogP contribution in [0.1, 0.15) is 12.8 Å². The molecule has 1 rings (SSSR count). The van der Waals surface area contributed by atoms with Gasteiger partial charge in [-0.05, 0) is 19.4 Å². The Kier molecular flexibility index (Phi) is 6.31. The summed E-state index contributed by atoms with van der Waals surface area (Å²) in [7, 11) is 1.65. The van der Waals surface area contributed by atoms with Gasteiger partial charge in [0.05, 0.1) is 6.10 Å². The average Bonchev–Trinajstić information content (AvgIpc) is 2.74. The predicted octanol–water partition coefficient (Wildman–Crippen LogP) is -0.482. The average molecular weight is 216 g/mol. The van der Waals surface area contributed by atoms with Gasteiger partial charge in [-0.2, -0.15) is 0 Å². The molecule has 0 aliphatic carbocycles. The Morgan fingerprint density at radius 1 is 1.60 bits per heavy atom. The topological polar surface area (TPSA) is 59.6 Å². The van der Waals surface area contributed by atoms with Gasteiger partial charge in [0.2, 0.25) is 5.91 Å². The fraction of sp³-hybridized carbons (Fsp3) is 0.900. The molecule has 15 heavy (non-hydrogen) atoms. The first-order chi connectivity index (χ1) is 7.33. The molecule has 0 spiro atoms. The maximum atomic E-state index is 11.3. The largest absolute Gasteiger partial charge is 0.385 e. The maximum Gasteiger partial charge on any atom is 0.246 e. The summed E-state index contributed by atoms with van der Waals surface area (Å²) >= 11 is 0. The summed E-state index contributed by atoms with van der Waals surface area (Å²) in [4.78, 5) is 11.3. The lowest BCUT2D eigenvalue weighted by molar-refractivity contribution is -0.127. The smallest absolute Gasteiger partial charge is 0.246 e. The zero-order chi connectivity index (χ0) is 10.9. The van der Waals surface area contributed by atoms with E-state index < -0.39 is 0 Å². The van der Waals surface area contributed by atoms with Gasteiger partial charge in [-0.1, -0.05) is 0 Å². The van der Waals surface area contributed by atoms with E-state index in [0.29, 0.717) is 13.2 Å². The Balaban J connectivity index is 1.93. The summed E-state index contributed by atoms with van der Waals surface area (Å²) in [6, 6.07) is 0.